The maximum absolute atomic E-state index is 12.3. The summed E-state index contributed by atoms with van der Waals surface area (Å²) in [5.41, 5.74) is -0.701. The Bertz CT molecular complexity index is 555. The molecule has 8 heteroatoms. The Labute approximate surface area is 92.9 Å². The van der Waals surface area contributed by atoms with Crippen LogP contribution in [0.15, 0.2) is 29.1 Å². The molecule has 0 amide bonds. The molecule has 1 heterocycles. The van der Waals surface area contributed by atoms with Gasteiger partial charge in [0.2, 0.25) is 0 Å². The van der Waals surface area contributed by atoms with Gasteiger partial charge in [0, 0.05) is 0 Å². The Kier molecular flexibility index (Phi) is 2.70. The molecule has 0 aliphatic rings. The van der Waals surface area contributed by atoms with E-state index in [1.807, 2.05) is 0 Å². The smallest absolute Gasteiger partial charge is 0.245 e. The molecular weight excluding hydrogens is 237 g/mol. The monoisotopic (exact) mass is 244 g/mol. The van der Waals surface area contributed by atoms with E-state index in [4.69, 9.17) is 0 Å². The van der Waals surface area contributed by atoms with Crippen molar-refractivity contribution in [3.63, 3.8) is 0 Å². The van der Waals surface area contributed by atoms with Gasteiger partial charge in [-0.15, -0.1) is 0 Å². The van der Waals surface area contributed by atoms with Gasteiger partial charge in [-0.1, -0.05) is 12.1 Å². The number of hydrogen-bond acceptors (Lipinski definition) is 3. The highest BCUT2D eigenvalue weighted by Gasteiger charge is 2.29. The average molecular weight is 244 g/mol. The van der Waals surface area contributed by atoms with Crippen LogP contribution in [-0.2, 0) is 12.7 Å². The molecule has 90 valence electrons. The summed E-state index contributed by atoms with van der Waals surface area (Å²) in [5.74, 6) is 0. The number of halogens is 3. The number of aromatic nitrogens is 4. The van der Waals surface area contributed by atoms with Crippen LogP contribution in [-0.4, -0.2) is 20.2 Å². The molecule has 0 unspecified atom stereocenters. The zero-order chi connectivity index (χ0) is 12.5. The molecule has 0 fully saturated rings. The first-order valence-corrected chi connectivity index (χ1v) is 4.61. The van der Waals surface area contributed by atoms with Gasteiger partial charge in [-0.3, -0.25) is 0 Å². The summed E-state index contributed by atoms with van der Waals surface area (Å²) in [6.07, 6.45) is -4.36. The average Bonchev–Trinajstić information content (AvgIpc) is 2.64. The van der Waals surface area contributed by atoms with Crippen LogP contribution in [0.4, 0.5) is 13.2 Å². The SMILES string of the molecule is O=c1[nH]nnn1Cc1ccc(C(F)(F)F)cc1. The predicted octanol–water partition coefficient (Wildman–Crippen LogP) is 1.03. The van der Waals surface area contributed by atoms with E-state index in [0.717, 1.165) is 16.8 Å². The molecule has 0 atom stereocenters. The topological polar surface area (TPSA) is 63.6 Å². The van der Waals surface area contributed by atoms with Crippen molar-refractivity contribution in [2.45, 2.75) is 12.7 Å². The number of rotatable bonds is 2. The summed E-state index contributed by atoms with van der Waals surface area (Å²) < 4.78 is 37.9. The van der Waals surface area contributed by atoms with E-state index in [1.54, 1.807) is 0 Å². The van der Waals surface area contributed by atoms with Crippen LogP contribution in [0.25, 0.3) is 0 Å². The molecule has 0 saturated carbocycles. The Balaban J connectivity index is 2.20. The molecule has 0 aliphatic carbocycles. The maximum Gasteiger partial charge on any atom is 0.416 e. The lowest BCUT2D eigenvalue weighted by Gasteiger charge is -2.06. The van der Waals surface area contributed by atoms with Gasteiger partial charge in [-0.05, 0) is 28.1 Å². The van der Waals surface area contributed by atoms with Gasteiger partial charge in [-0.25, -0.2) is 9.89 Å². The molecule has 1 aromatic heterocycles. The van der Waals surface area contributed by atoms with Crippen molar-refractivity contribution >= 4 is 0 Å². The summed E-state index contributed by atoms with van der Waals surface area (Å²) >= 11 is 0. The number of benzene rings is 1. The van der Waals surface area contributed by atoms with Crippen molar-refractivity contribution in [3.05, 3.63) is 45.9 Å². The van der Waals surface area contributed by atoms with Crippen molar-refractivity contribution in [3.8, 4) is 0 Å². The quantitative estimate of drug-likeness (QED) is 0.858. The van der Waals surface area contributed by atoms with Crippen molar-refractivity contribution in [1.29, 1.82) is 0 Å². The molecule has 1 aromatic carbocycles. The van der Waals surface area contributed by atoms with Gasteiger partial charge in [0.1, 0.15) is 0 Å². The zero-order valence-electron chi connectivity index (χ0n) is 8.40. The first kappa shape index (κ1) is 11.4. The van der Waals surface area contributed by atoms with Crippen LogP contribution >= 0.6 is 0 Å². The van der Waals surface area contributed by atoms with E-state index in [0.29, 0.717) is 5.56 Å². The van der Waals surface area contributed by atoms with Crippen LogP contribution in [0.2, 0.25) is 0 Å². The number of nitrogens with one attached hydrogen (secondary N) is 1. The highest BCUT2D eigenvalue weighted by molar-refractivity contribution is 5.24. The third-order valence-electron chi connectivity index (χ3n) is 2.15. The van der Waals surface area contributed by atoms with Crippen molar-refractivity contribution in [2.75, 3.05) is 0 Å². The minimum absolute atomic E-state index is 0.0769. The number of aromatic amines is 1. The standard InChI is InChI=1S/C9H7F3N4O/c10-9(11,12)7-3-1-6(2-4-7)5-16-8(17)13-14-15-16/h1-4H,5H2,(H,13,15,17). The first-order chi connectivity index (χ1) is 7.97. The summed E-state index contributed by atoms with van der Waals surface area (Å²) in [6, 6.07) is 4.51. The number of tetrazole rings is 1. The maximum atomic E-state index is 12.3. The second kappa shape index (κ2) is 4.04. The van der Waals surface area contributed by atoms with Crippen molar-refractivity contribution in [2.24, 2.45) is 0 Å². The number of nitrogens with zero attached hydrogens (tertiary/aromatic N) is 3. The van der Waals surface area contributed by atoms with Gasteiger partial charge in [0.05, 0.1) is 12.1 Å². The number of hydrogen-bond donors (Lipinski definition) is 1. The van der Waals surface area contributed by atoms with E-state index < -0.39 is 17.4 Å². The third-order valence-corrected chi connectivity index (χ3v) is 2.15. The molecular formula is C9H7F3N4O. The zero-order valence-corrected chi connectivity index (χ0v) is 8.40. The molecule has 17 heavy (non-hydrogen) atoms. The molecule has 0 spiro atoms. The third kappa shape index (κ3) is 2.52. The lowest BCUT2D eigenvalue weighted by Crippen LogP contribution is -2.18. The lowest BCUT2D eigenvalue weighted by atomic mass is 10.1. The predicted molar refractivity (Wildman–Crippen MR) is 51.2 cm³/mol. The summed E-state index contributed by atoms with van der Waals surface area (Å²) in [4.78, 5) is 11.1. The van der Waals surface area contributed by atoms with E-state index in [2.05, 4.69) is 15.5 Å². The fraction of sp³-hybridized carbons (Fsp3) is 0.222. The Hall–Kier alpha value is -2.12. The van der Waals surface area contributed by atoms with Crippen LogP contribution in [0.5, 0.6) is 0 Å². The Morgan fingerprint density at radius 1 is 1.24 bits per heavy atom. The minimum Gasteiger partial charge on any atom is -0.245 e. The molecule has 2 rings (SSSR count). The fourth-order valence-electron chi connectivity index (χ4n) is 1.29. The molecule has 5 nitrogen and oxygen atoms in total. The second-order valence-corrected chi connectivity index (χ2v) is 3.36. The second-order valence-electron chi connectivity index (χ2n) is 3.36. The van der Waals surface area contributed by atoms with Gasteiger partial charge in [0.15, 0.2) is 0 Å². The molecule has 0 aliphatic heterocycles. The molecule has 1 N–H and O–H groups in total. The highest BCUT2D eigenvalue weighted by atomic mass is 19.4. The van der Waals surface area contributed by atoms with Crippen molar-refractivity contribution < 1.29 is 13.2 Å². The van der Waals surface area contributed by atoms with E-state index in [1.165, 1.54) is 12.1 Å². The number of alkyl halides is 3. The highest BCUT2D eigenvalue weighted by Crippen LogP contribution is 2.29. The molecule has 0 bridgehead atoms. The largest absolute Gasteiger partial charge is 0.416 e. The van der Waals surface area contributed by atoms with Gasteiger partial charge in [0.25, 0.3) is 0 Å². The van der Waals surface area contributed by atoms with Crippen molar-refractivity contribution in [1.82, 2.24) is 20.2 Å². The minimum atomic E-state index is -4.36. The summed E-state index contributed by atoms with van der Waals surface area (Å²) in [7, 11) is 0. The molecule has 2 aromatic rings. The Morgan fingerprint density at radius 2 is 1.88 bits per heavy atom. The summed E-state index contributed by atoms with van der Waals surface area (Å²) in [5, 5.41) is 8.82. The van der Waals surface area contributed by atoms with Crippen LogP contribution < -0.4 is 5.69 Å². The van der Waals surface area contributed by atoms with Crippen LogP contribution in [0.3, 0.4) is 0 Å². The van der Waals surface area contributed by atoms with E-state index in [-0.39, 0.29) is 6.54 Å². The molecule has 0 radical (unpaired) electrons. The van der Waals surface area contributed by atoms with Gasteiger partial charge >= 0.3 is 11.9 Å². The first-order valence-electron chi connectivity index (χ1n) is 4.61. The van der Waals surface area contributed by atoms with E-state index >= 15 is 0 Å². The number of H-pyrrole nitrogens is 1. The van der Waals surface area contributed by atoms with Crippen LogP contribution in [0.1, 0.15) is 11.1 Å². The Morgan fingerprint density at radius 3 is 2.35 bits per heavy atom. The van der Waals surface area contributed by atoms with Gasteiger partial charge < -0.3 is 0 Å². The fourth-order valence-corrected chi connectivity index (χ4v) is 1.29. The lowest BCUT2D eigenvalue weighted by molar-refractivity contribution is -0.137. The normalized spacial score (nSPS) is 11.7. The van der Waals surface area contributed by atoms with Gasteiger partial charge in [-0.2, -0.15) is 17.9 Å². The van der Waals surface area contributed by atoms with E-state index in [9.17, 15) is 18.0 Å². The summed E-state index contributed by atoms with van der Waals surface area (Å²) in [6.45, 7) is 0.0769. The molecule has 0 saturated heterocycles. The van der Waals surface area contributed by atoms with Crippen LogP contribution in [0, 0.1) is 0 Å².